The predicted octanol–water partition coefficient (Wildman–Crippen LogP) is -20.8. The van der Waals surface area contributed by atoms with Crippen LogP contribution >= 0.6 is 0 Å². The first-order valence-electron chi connectivity index (χ1n) is 37.3. The lowest BCUT2D eigenvalue weighted by Crippen LogP contribution is -2.70. The molecule has 9 heterocycles. The summed E-state index contributed by atoms with van der Waals surface area (Å²) in [6, 6.07) is -7.41. The monoisotopic (exact) mass is 1730 g/mol. The second-order valence-corrected chi connectivity index (χ2v) is 29.6. The molecular formula is C65H108N4O49. The smallest absolute Gasteiger partial charge is 0.364 e. The van der Waals surface area contributed by atoms with Gasteiger partial charge in [-0.3, -0.25) is 19.2 Å². The zero-order valence-electron chi connectivity index (χ0n) is 63.1. The maximum absolute atomic E-state index is 13.1. The molecule has 31 N–H and O–H groups in total. The second-order valence-electron chi connectivity index (χ2n) is 29.6. The number of aliphatic carboxylic acids is 1. The summed E-state index contributed by atoms with van der Waals surface area (Å²) in [5.74, 6) is -8.77. The van der Waals surface area contributed by atoms with E-state index in [4.69, 9.17) is 80.5 Å². The van der Waals surface area contributed by atoms with E-state index in [1.807, 2.05) is 0 Å². The first kappa shape index (κ1) is 97.4. The Morgan fingerprint density at radius 1 is 0.347 bits per heavy atom. The van der Waals surface area contributed by atoms with Crippen molar-refractivity contribution < 1.29 is 242 Å². The molecule has 9 fully saturated rings. The van der Waals surface area contributed by atoms with Crippen LogP contribution in [0.4, 0.5) is 0 Å². The minimum Gasteiger partial charge on any atom is -0.477 e. The van der Waals surface area contributed by atoms with Crippen LogP contribution in [-0.2, 0) is 104 Å². The van der Waals surface area contributed by atoms with Crippen molar-refractivity contribution in [2.24, 2.45) is 0 Å². The van der Waals surface area contributed by atoms with Crippen molar-refractivity contribution in [1.82, 2.24) is 21.3 Å². The molecule has 9 rings (SSSR count). The lowest BCUT2D eigenvalue weighted by atomic mass is 9.88. The van der Waals surface area contributed by atoms with Crippen LogP contribution in [0.1, 0.15) is 34.1 Å². The highest BCUT2D eigenvalue weighted by atomic mass is 16.8. The lowest BCUT2D eigenvalue weighted by molar-refractivity contribution is -0.397. The van der Waals surface area contributed by atoms with Crippen molar-refractivity contribution in [3.05, 3.63) is 0 Å². The molecule has 0 aromatic carbocycles. The van der Waals surface area contributed by atoms with Crippen molar-refractivity contribution in [2.45, 2.75) is 316 Å². The molecule has 4 amide bonds. The van der Waals surface area contributed by atoms with Crippen LogP contribution in [0, 0.1) is 0 Å². The Labute approximate surface area is 666 Å². The van der Waals surface area contributed by atoms with Gasteiger partial charge in [0.2, 0.25) is 23.6 Å². The molecule has 9 aliphatic rings. The number of carbonyl (C=O) groups excluding carboxylic acids is 4. The zero-order chi connectivity index (χ0) is 87.3. The molecule has 9 saturated heterocycles. The fourth-order valence-electron chi connectivity index (χ4n) is 15.0. The normalized spacial score (nSPS) is 47.6. The number of carboxylic acids is 1. The van der Waals surface area contributed by atoms with Gasteiger partial charge in [-0.1, -0.05) is 0 Å². The second kappa shape index (κ2) is 42.1. The van der Waals surface area contributed by atoms with Gasteiger partial charge in [0, 0.05) is 34.1 Å². The van der Waals surface area contributed by atoms with Gasteiger partial charge in [0.05, 0.1) is 71.6 Å². The first-order valence-corrected chi connectivity index (χ1v) is 37.3. The Hall–Kier alpha value is -4.37. The highest BCUT2D eigenvalue weighted by Gasteiger charge is 2.62. The van der Waals surface area contributed by atoms with E-state index in [2.05, 4.69) is 21.3 Å². The molecule has 53 nitrogen and oxygen atoms in total. The minimum absolute atomic E-state index is 0.836. The van der Waals surface area contributed by atoms with Gasteiger partial charge in [-0.05, 0) is 0 Å². The number of aliphatic hydroxyl groups is 26. The predicted molar refractivity (Wildman–Crippen MR) is 361 cm³/mol. The van der Waals surface area contributed by atoms with Crippen LogP contribution in [0.2, 0.25) is 0 Å². The molecular weight excluding hydrogens is 1620 g/mol. The Morgan fingerprint density at radius 2 is 0.686 bits per heavy atom. The van der Waals surface area contributed by atoms with Gasteiger partial charge in [-0.2, -0.15) is 0 Å². The Balaban J connectivity index is 0.987. The first-order chi connectivity index (χ1) is 55.6. The SMILES string of the molecule is CC(=O)N[C@@H]1[C@@H](O)[C@H](O[C@@H]2O[C@H](CO[C@@H]3O[C@H](CO)[C@@H](O)[C@H](O)[C@@H]3O[C@@H]3O[C@H](CO)[C@@H](O[C@@H]4O[C@H](CO[C@]5(C(=O)O)C[C@H](O)[C@@H](NC(C)=O)[C@H]([C@H](O)[C@H](O)CO)O5)[C@H](O)[C@H](O)[C@H]4O)[C@H](O)[C@H]3NC(C)=O)[C@@H](O)[C@H](O[C@@H]3O[C@H](CO)[C@@H](O)[C@H](O)[C@@H]3O[C@@H]3O[C@H](CO)[C@@H](O[C@@H]4O[C@H](CO)[C@H](O)[C@H](O)[C@H]4O)[C@H](O)[C@H]3NC(C)=O)[C@@H]2O)[C@@H](CO)O[C@H]1O. The number of aliphatic hydroxyl groups excluding tert-OH is 26. The van der Waals surface area contributed by atoms with Crippen molar-refractivity contribution in [1.29, 1.82) is 0 Å². The van der Waals surface area contributed by atoms with Crippen LogP contribution in [0.15, 0.2) is 0 Å². The van der Waals surface area contributed by atoms with Gasteiger partial charge < -0.3 is 240 Å². The van der Waals surface area contributed by atoms with Crippen LogP contribution in [0.25, 0.3) is 0 Å². The molecule has 0 aromatic heterocycles. The molecule has 46 atom stereocenters. The number of carboxylic acid groups (broad SMARTS) is 1. The third-order valence-electron chi connectivity index (χ3n) is 21.3. The Bertz CT molecular complexity index is 3210. The fourth-order valence-corrected chi connectivity index (χ4v) is 15.0. The number of nitrogens with one attached hydrogen (secondary N) is 4. The van der Waals surface area contributed by atoms with Gasteiger partial charge in [0.15, 0.2) is 50.3 Å². The summed E-state index contributed by atoms with van der Waals surface area (Å²) in [5.41, 5.74) is 0. The fraction of sp³-hybridized carbons (Fsp3) is 0.923. The summed E-state index contributed by atoms with van der Waals surface area (Å²) in [7, 11) is 0. The summed E-state index contributed by atoms with van der Waals surface area (Å²) in [4.78, 5) is 63.3. The maximum atomic E-state index is 13.1. The van der Waals surface area contributed by atoms with Crippen LogP contribution in [-0.4, -0.2) is 509 Å². The molecule has 0 aromatic rings. The van der Waals surface area contributed by atoms with E-state index < -0.39 is 377 Å². The molecule has 0 aliphatic carbocycles. The third kappa shape index (κ3) is 21.4. The molecule has 0 unspecified atom stereocenters. The van der Waals surface area contributed by atoms with Gasteiger partial charge in [0.25, 0.3) is 5.79 Å². The summed E-state index contributed by atoms with van der Waals surface area (Å²) in [6.07, 6.45) is -89.0. The summed E-state index contributed by atoms with van der Waals surface area (Å²) in [6.45, 7) is -6.55. The molecule has 0 bridgehead atoms. The summed E-state index contributed by atoms with van der Waals surface area (Å²) in [5, 5.41) is 308. The lowest BCUT2D eigenvalue weighted by Gasteiger charge is -2.51. The van der Waals surface area contributed by atoms with Gasteiger partial charge in [0.1, 0.15) is 213 Å². The van der Waals surface area contributed by atoms with Crippen LogP contribution in [0.3, 0.4) is 0 Å². The molecule has 0 spiro atoms. The zero-order valence-corrected chi connectivity index (χ0v) is 63.1. The van der Waals surface area contributed by atoms with E-state index >= 15 is 0 Å². The molecule has 682 valence electrons. The van der Waals surface area contributed by atoms with Crippen molar-refractivity contribution in [2.75, 3.05) is 59.5 Å². The van der Waals surface area contributed by atoms with Gasteiger partial charge in [-0.25, -0.2) is 4.79 Å². The number of hydrogen-bond donors (Lipinski definition) is 31. The summed E-state index contributed by atoms with van der Waals surface area (Å²) >= 11 is 0. The van der Waals surface area contributed by atoms with E-state index in [-0.39, 0.29) is 0 Å². The molecule has 118 heavy (non-hydrogen) atoms. The quantitative estimate of drug-likeness (QED) is 0.0297. The molecule has 0 radical (unpaired) electrons. The number of carbonyl (C=O) groups is 5. The largest absolute Gasteiger partial charge is 0.477 e. The number of ether oxygens (including phenoxy) is 17. The third-order valence-corrected chi connectivity index (χ3v) is 21.3. The van der Waals surface area contributed by atoms with Crippen molar-refractivity contribution in [3.63, 3.8) is 0 Å². The molecule has 0 saturated carbocycles. The topological polar surface area (TPSA) is 837 Å². The Kier molecular flexibility index (Phi) is 34.7. The molecule has 53 heteroatoms. The van der Waals surface area contributed by atoms with E-state index in [1.165, 1.54) is 0 Å². The average Bonchev–Trinajstić information content (AvgIpc) is 0.770. The van der Waals surface area contributed by atoms with E-state index in [0.29, 0.717) is 0 Å². The molecule has 9 aliphatic heterocycles. The minimum atomic E-state index is -3.07. The van der Waals surface area contributed by atoms with Crippen LogP contribution < -0.4 is 21.3 Å². The van der Waals surface area contributed by atoms with Gasteiger partial charge in [-0.15, -0.1) is 0 Å². The van der Waals surface area contributed by atoms with E-state index in [0.717, 1.165) is 27.7 Å². The highest BCUT2D eigenvalue weighted by Crippen LogP contribution is 2.41. The summed E-state index contributed by atoms with van der Waals surface area (Å²) < 4.78 is 99.8. The standard InChI is InChI=1S/C65H108N4O49/c1-15(77)66-29-19(81)5-65(64(100)101,118-52(29)33(83)20(82)6-70)103-14-28-37(87)43(93)47(97)60(111-28)113-51-26(12-76)108-57(31(40(51)90)68-17(3)79)116-54-44(94)35(85)22(8-72)106-62(54)102-13-27-38(88)53(48(98)61(110-27)114-49-24(10-74)104-56(99)30(39(49)89)67-16(2)78)115-63-55(45(95)36(86)23(9-73)107-63)117-58-32(69-18(4)80)41(91)50(25(11-75)109-58)112-59-46(96)42(92)34(84)21(7-71)105-59/h19-63,70-76,81-99H,5-14H2,1-4H3,(H,66,77)(H,67,78)(H,68,79)(H,69,80)(H,100,101)/t19-,20+,21+,22+,23+,24+,25+,26+,27+,28+,29+,30+,31+,32+,33+,34-,35+,36+,37-,38+,39+,40+,41+,42-,43-,44-,45-,46+,47+,48-,49+,50+,51+,52+,53-,54-,55-,56+,57-,58-,59-,60-,61-,62+,63-,65+/m0/s1. The van der Waals surface area contributed by atoms with E-state index in [9.17, 15) is 162 Å². The van der Waals surface area contributed by atoms with Crippen molar-refractivity contribution >= 4 is 29.6 Å². The van der Waals surface area contributed by atoms with Crippen molar-refractivity contribution in [3.8, 4) is 0 Å². The highest BCUT2D eigenvalue weighted by molar-refractivity contribution is 5.77. The maximum Gasteiger partial charge on any atom is 0.364 e. The number of hydrogen-bond acceptors (Lipinski definition) is 48. The Morgan fingerprint density at radius 3 is 1.12 bits per heavy atom. The number of amides is 4. The van der Waals surface area contributed by atoms with Crippen LogP contribution in [0.5, 0.6) is 0 Å². The van der Waals surface area contributed by atoms with E-state index in [1.54, 1.807) is 0 Å². The average molecular weight is 1730 g/mol. The number of rotatable bonds is 32. The van der Waals surface area contributed by atoms with Gasteiger partial charge >= 0.3 is 5.97 Å².